The first-order chi connectivity index (χ1) is 4.15. The van der Waals surface area contributed by atoms with Crippen molar-refractivity contribution in [2.75, 3.05) is 0 Å². The third kappa shape index (κ3) is 2.55. The van der Waals surface area contributed by atoms with E-state index in [0.29, 0.717) is 0 Å². The third-order valence-corrected chi connectivity index (χ3v) is 2.49. The number of hydrogen-bond donors (Lipinski definition) is 3. The molecule has 0 radical (unpaired) electrons. The van der Waals surface area contributed by atoms with Gasteiger partial charge in [0.15, 0.2) is 0 Å². The van der Waals surface area contributed by atoms with Gasteiger partial charge in [0.05, 0.1) is 0 Å². The second kappa shape index (κ2) is 2.41. The number of rotatable bonds is 2. The minimum atomic E-state index is -5.09. The predicted molar refractivity (Wildman–Crippen MR) is 29.1 cm³/mol. The van der Waals surface area contributed by atoms with Crippen LogP contribution in [0.25, 0.3) is 0 Å². The first-order valence-corrected chi connectivity index (χ1v) is 4.45. The molecule has 0 saturated heterocycles. The van der Waals surface area contributed by atoms with Crippen molar-refractivity contribution in [3.05, 3.63) is 0 Å². The second-order valence-corrected chi connectivity index (χ2v) is 3.99. The molecule has 0 atom stereocenters. The number of nitrogens with zero attached hydrogens (tertiary/aromatic N) is 1. The lowest BCUT2D eigenvalue weighted by Gasteiger charge is -2.05. The van der Waals surface area contributed by atoms with Crippen LogP contribution in [-0.2, 0) is 20.6 Å². The van der Waals surface area contributed by atoms with Crippen LogP contribution in [0, 0.1) is 0 Å². The summed E-state index contributed by atoms with van der Waals surface area (Å²) >= 11 is 0. The van der Waals surface area contributed by atoms with Crippen molar-refractivity contribution in [1.82, 2.24) is 3.82 Å². The first kappa shape index (κ1) is 9.74. The molecule has 0 aromatic heterocycles. The van der Waals surface area contributed by atoms with Crippen LogP contribution in [-0.4, -0.2) is 29.8 Å². The van der Waals surface area contributed by atoms with Crippen molar-refractivity contribution in [2.45, 2.75) is 0 Å². The summed E-state index contributed by atoms with van der Waals surface area (Å²) in [7, 11) is -10.2. The van der Waals surface area contributed by atoms with Crippen molar-refractivity contribution >= 4 is 20.6 Å². The Morgan fingerprint density at radius 2 is 1.20 bits per heavy atom. The van der Waals surface area contributed by atoms with Gasteiger partial charge in [-0.1, -0.05) is 0 Å². The quantitative estimate of drug-likeness (QED) is 0.255. The highest BCUT2D eigenvalue weighted by molar-refractivity contribution is 7.98. The van der Waals surface area contributed by atoms with E-state index in [2.05, 4.69) is 5.84 Å². The fourth-order valence-electron chi connectivity index (χ4n) is 0.119. The van der Waals surface area contributed by atoms with Crippen LogP contribution in [0.15, 0.2) is 0 Å². The highest BCUT2D eigenvalue weighted by atomic mass is 32.3. The molecule has 0 unspecified atom stereocenters. The van der Waals surface area contributed by atoms with E-state index in [1.165, 1.54) is 0 Å². The molecule has 0 saturated carbocycles. The molecule has 0 spiro atoms. The summed E-state index contributed by atoms with van der Waals surface area (Å²) in [4.78, 5) is 0. The van der Waals surface area contributed by atoms with Crippen LogP contribution < -0.4 is 5.84 Å². The smallest absolute Gasteiger partial charge is 0.272 e. The van der Waals surface area contributed by atoms with Gasteiger partial charge in [-0.15, -0.1) is 0 Å². The average molecular weight is 192 g/mol. The molecule has 0 amide bonds. The van der Waals surface area contributed by atoms with Gasteiger partial charge in [-0.2, -0.15) is 16.8 Å². The molecular formula is H4N2O6S2. The summed E-state index contributed by atoms with van der Waals surface area (Å²) in [6.07, 6.45) is 0. The van der Waals surface area contributed by atoms with Gasteiger partial charge in [-0.25, -0.2) is 5.84 Å². The molecule has 0 aliphatic carbocycles. The Hall–Kier alpha value is -0.260. The van der Waals surface area contributed by atoms with Gasteiger partial charge in [0.2, 0.25) is 0 Å². The van der Waals surface area contributed by atoms with Crippen LogP contribution in [0.3, 0.4) is 0 Å². The van der Waals surface area contributed by atoms with E-state index in [1.807, 2.05) is 0 Å². The van der Waals surface area contributed by atoms with Crippen molar-refractivity contribution in [3.8, 4) is 0 Å². The molecule has 0 rings (SSSR count). The Balaban J connectivity index is 4.94. The fourth-order valence-corrected chi connectivity index (χ4v) is 1.07. The SMILES string of the molecule is NN(S(=O)(=O)O)S(=O)(=O)O. The Morgan fingerprint density at radius 1 is 1.00 bits per heavy atom. The van der Waals surface area contributed by atoms with E-state index in [4.69, 9.17) is 9.11 Å². The summed E-state index contributed by atoms with van der Waals surface area (Å²) in [5, 5.41) is 0. The Kier molecular flexibility index (Phi) is 2.35. The van der Waals surface area contributed by atoms with Crippen molar-refractivity contribution in [1.29, 1.82) is 0 Å². The maximum Gasteiger partial charge on any atom is 0.364 e. The van der Waals surface area contributed by atoms with Crippen molar-refractivity contribution in [3.63, 3.8) is 0 Å². The molecule has 0 aliphatic rings. The van der Waals surface area contributed by atoms with Gasteiger partial charge < -0.3 is 0 Å². The zero-order chi connectivity index (χ0) is 8.58. The lowest BCUT2D eigenvalue weighted by molar-refractivity contribution is 0.388. The molecule has 62 valence electrons. The number of hydrogen-bond acceptors (Lipinski definition) is 5. The minimum Gasteiger partial charge on any atom is -0.272 e. The summed E-state index contributed by atoms with van der Waals surface area (Å²) in [6, 6.07) is 0. The summed E-state index contributed by atoms with van der Waals surface area (Å²) in [5.41, 5.74) is 0. The topological polar surface area (TPSA) is 138 Å². The molecule has 10 heteroatoms. The van der Waals surface area contributed by atoms with Gasteiger partial charge in [0, 0.05) is 3.82 Å². The minimum absolute atomic E-state index is 1.07. The summed E-state index contributed by atoms with van der Waals surface area (Å²) in [6.45, 7) is 0. The van der Waals surface area contributed by atoms with Gasteiger partial charge >= 0.3 is 20.6 Å². The van der Waals surface area contributed by atoms with Gasteiger partial charge in [-0.3, -0.25) is 9.11 Å². The molecule has 0 fully saturated rings. The molecule has 0 aromatic carbocycles. The molecule has 8 nitrogen and oxygen atoms in total. The van der Waals surface area contributed by atoms with E-state index < -0.39 is 24.4 Å². The van der Waals surface area contributed by atoms with E-state index in [0.717, 1.165) is 0 Å². The number of nitrogens with two attached hydrogens (primary N) is 1. The zero-order valence-electron chi connectivity index (χ0n) is 4.37. The normalized spacial score (nSPS) is 14.0. The predicted octanol–water partition coefficient (Wildman–Crippen LogP) is -2.23. The average Bonchev–Trinajstić information content (AvgIpc) is 1.59. The molecular weight excluding hydrogens is 188 g/mol. The van der Waals surface area contributed by atoms with E-state index in [-0.39, 0.29) is 0 Å². The first-order valence-electron chi connectivity index (χ1n) is 1.66. The monoisotopic (exact) mass is 192 g/mol. The van der Waals surface area contributed by atoms with Gasteiger partial charge in [0.1, 0.15) is 0 Å². The van der Waals surface area contributed by atoms with Gasteiger partial charge in [-0.05, 0) is 0 Å². The Labute approximate surface area is 57.0 Å². The van der Waals surface area contributed by atoms with Crippen LogP contribution >= 0.6 is 0 Å². The third-order valence-electron chi connectivity index (χ3n) is 0.455. The van der Waals surface area contributed by atoms with E-state index >= 15 is 0 Å². The van der Waals surface area contributed by atoms with E-state index in [1.54, 1.807) is 0 Å². The van der Waals surface area contributed by atoms with Crippen LogP contribution in [0.1, 0.15) is 0 Å². The highest BCUT2D eigenvalue weighted by Crippen LogP contribution is 1.94. The Morgan fingerprint density at radius 3 is 1.20 bits per heavy atom. The summed E-state index contributed by atoms with van der Waals surface area (Å²) < 4.78 is 53.8. The van der Waals surface area contributed by atoms with Crippen LogP contribution in [0.2, 0.25) is 0 Å². The summed E-state index contributed by atoms with van der Waals surface area (Å²) in [5.74, 6) is 4.19. The van der Waals surface area contributed by atoms with Crippen LogP contribution in [0.5, 0.6) is 0 Å². The highest BCUT2D eigenvalue weighted by Gasteiger charge is 2.26. The number of hydrazine groups is 1. The van der Waals surface area contributed by atoms with Crippen molar-refractivity contribution in [2.24, 2.45) is 5.84 Å². The largest absolute Gasteiger partial charge is 0.364 e. The Bertz CT molecular complexity index is 263. The fraction of sp³-hybridized carbons (Fsp3) is 0. The molecule has 4 N–H and O–H groups in total. The van der Waals surface area contributed by atoms with Gasteiger partial charge in [0.25, 0.3) is 0 Å². The lowest BCUT2D eigenvalue weighted by Crippen LogP contribution is -2.41. The molecule has 0 heterocycles. The maximum absolute atomic E-state index is 9.80. The molecule has 0 bridgehead atoms. The lowest BCUT2D eigenvalue weighted by atomic mass is 13.0. The van der Waals surface area contributed by atoms with Crippen molar-refractivity contribution < 1.29 is 25.9 Å². The molecule has 0 aromatic rings. The standard InChI is InChI=1S/H4N2O6S2/c1-2(9(3,4)5)10(6,7)8/h1H2,(H,3,4,5)(H,6,7,8). The molecule has 0 aliphatic heterocycles. The van der Waals surface area contributed by atoms with Crippen LogP contribution in [0.4, 0.5) is 0 Å². The second-order valence-electron chi connectivity index (χ2n) is 1.18. The maximum atomic E-state index is 9.80. The zero-order valence-corrected chi connectivity index (χ0v) is 6.00. The molecule has 10 heavy (non-hydrogen) atoms. The van der Waals surface area contributed by atoms with E-state index in [9.17, 15) is 16.8 Å².